The van der Waals surface area contributed by atoms with Crippen LogP contribution in [-0.2, 0) is 4.79 Å². The Morgan fingerprint density at radius 3 is 2.76 bits per heavy atom. The molecule has 0 spiro atoms. The summed E-state index contributed by atoms with van der Waals surface area (Å²) >= 11 is 0. The van der Waals surface area contributed by atoms with Gasteiger partial charge in [0.05, 0.1) is 19.2 Å². The highest BCUT2D eigenvalue weighted by atomic mass is 19.3. The molecule has 0 unspecified atom stereocenters. The highest BCUT2D eigenvalue weighted by Gasteiger charge is 2.47. The molecule has 1 aliphatic heterocycles. The molecule has 2 heterocycles. The fourth-order valence-electron chi connectivity index (χ4n) is 3.43. The number of nitriles is 1. The quantitative estimate of drug-likeness (QED) is 0.839. The predicted octanol–water partition coefficient (Wildman–Crippen LogP) is 2.72. The van der Waals surface area contributed by atoms with Gasteiger partial charge in [0.25, 0.3) is 11.8 Å². The molecule has 0 aliphatic carbocycles. The van der Waals surface area contributed by atoms with Crippen molar-refractivity contribution in [2.24, 2.45) is 0 Å². The van der Waals surface area contributed by atoms with Gasteiger partial charge in [0.1, 0.15) is 6.04 Å². The van der Waals surface area contributed by atoms with Crippen LogP contribution in [0.4, 0.5) is 8.78 Å². The van der Waals surface area contributed by atoms with E-state index in [1.54, 1.807) is 18.3 Å². The molecule has 2 amide bonds. The van der Waals surface area contributed by atoms with Gasteiger partial charge in [-0.25, -0.2) is 8.78 Å². The van der Waals surface area contributed by atoms with E-state index in [1.165, 1.54) is 6.20 Å². The number of rotatable bonds is 5. The number of aromatic nitrogens is 1. The number of benzene rings is 1. The van der Waals surface area contributed by atoms with Crippen molar-refractivity contribution in [3.8, 4) is 6.07 Å². The van der Waals surface area contributed by atoms with Crippen LogP contribution >= 0.6 is 0 Å². The topological polar surface area (TPSA) is 86.1 Å². The molecule has 0 bridgehead atoms. The number of hydrogen-bond donors (Lipinski definition) is 1. The maximum Gasteiger partial charge on any atom is 0.268 e. The van der Waals surface area contributed by atoms with Crippen molar-refractivity contribution in [3.63, 3.8) is 0 Å². The van der Waals surface area contributed by atoms with E-state index in [-0.39, 0.29) is 5.92 Å². The van der Waals surface area contributed by atoms with Crippen molar-refractivity contribution in [3.05, 3.63) is 65.5 Å². The van der Waals surface area contributed by atoms with E-state index in [0.29, 0.717) is 11.1 Å². The number of alkyl halides is 2. The smallest absolute Gasteiger partial charge is 0.268 e. The normalized spacial score (nSPS) is 18.7. The van der Waals surface area contributed by atoms with Crippen LogP contribution < -0.4 is 5.32 Å². The van der Waals surface area contributed by atoms with Crippen LogP contribution in [0.3, 0.4) is 0 Å². The minimum atomic E-state index is -3.09. The Morgan fingerprint density at radius 2 is 2.07 bits per heavy atom. The first-order chi connectivity index (χ1) is 13.8. The second kappa shape index (κ2) is 8.35. The van der Waals surface area contributed by atoms with Crippen LogP contribution in [0.5, 0.6) is 0 Å². The molecule has 8 heteroatoms. The Morgan fingerprint density at radius 1 is 1.34 bits per heavy atom. The highest BCUT2D eigenvalue weighted by molar-refractivity contribution is 5.98. The van der Waals surface area contributed by atoms with Crippen molar-refractivity contribution >= 4 is 11.8 Å². The molecule has 2 atom stereocenters. The second-order valence-electron chi connectivity index (χ2n) is 7.00. The number of carbonyl (C=O) groups is 2. The first-order valence-electron chi connectivity index (χ1n) is 9.16. The molecule has 1 saturated heterocycles. The molecular weight excluding hydrogens is 378 g/mol. The fourth-order valence-corrected chi connectivity index (χ4v) is 3.43. The number of amides is 2. The van der Waals surface area contributed by atoms with Gasteiger partial charge in [0, 0.05) is 30.3 Å². The van der Waals surface area contributed by atoms with Gasteiger partial charge in [-0.2, -0.15) is 5.26 Å². The van der Waals surface area contributed by atoms with E-state index < -0.39 is 43.3 Å². The van der Waals surface area contributed by atoms with Gasteiger partial charge >= 0.3 is 0 Å². The lowest BCUT2D eigenvalue weighted by Crippen LogP contribution is -2.43. The summed E-state index contributed by atoms with van der Waals surface area (Å²) in [5.74, 6) is -4.42. The molecular formula is C21H20F2N4O2. The second-order valence-corrected chi connectivity index (χ2v) is 7.00. The third-order valence-electron chi connectivity index (χ3n) is 5.00. The van der Waals surface area contributed by atoms with E-state index in [4.69, 9.17) is 5.26 Å². The molecule has 0 radical (unpaired) electrons. The summed E-state index contributed by atoms with van der Waals surface area (Å²) in [7, 11) is 0. The predicted molar refractivity (Wildman–Crippen MR) is 101 cm³/mol. The molecule has 2 aromatic rings. The number of halogens is 2. The van der Waals surface area contributed by atoms with Gasteiger partial charge in [-0.3, -0.25) is 14.6 Å². The van der Waals surface area contributed by atoms with Gasteiger partial charge in [0.15, 0.2) is 0 Å². The molecule has 6 nitrogen and oxygen atoms in total. The number of nitrogens with zero attached hydrogens (tertiary/aromatic N) is 3. The summed E-state index contributed by atoms with van der Waals surface area (Å²) in [5.41, 5.74) is 2.04. The molecule has 1 aliphatic rings. The van der Waals surface area contributed by atoms with Gasteiger partial charge in [-0.15, -0.1) is 0 Å². The molecule has 1 fully saturated rings. The molecule has 150 valence electrons. The molecule has 3 rings (SSSR count). The zero-order chi connectivity index (χ0) is 21.0. The Balaban J connectivity index is 1.71. The van der Waals surface area contributed by atoms with E-state index in [9.17, 15) is 18.4 Å². The number of hydrogen-bond acceptors (Lipinski definition) is 4. The Bertz CT molecular complexity index is 943. The van der Waals surface area contributed by atoms with Crippen molar-refractivity contribution in [2.75, 3.05) is 13.1 Å². The lowest BCUT2D eigenvalue weighted by atomic mass is 9.91. The van der Waals surface area contributed by atoms with Crippen LogP contribution in [0.1, 0.15) is 40.7 Å². The van der Waals surface area contributed by atoms with E-state index in [2.05, 4.69) is 10.3 Å². The molecule has 1 N–H and O–H groups in total. The lowest BCUT2D eigenvalue weighted by molar-refractivity contribution is -0.131. The van der Waals surface area contributed by atoms with Crippen LogP contribution in [-0.4, -0.2) is 46.8 Å². The van der Waals surface area contributed by atoms with Crippen molar-refractivity contribution < 1.29 is 18.4 Å². The minimum Gasteiger partial charge on any atom is -0.343 e. The third kappa shape index (κ3) is 4.57. The Labute approximate surface area is 167 Å². The van der Waals surface area contributed by atoms with Crippen LogP contribution in [0.25, 0.3) is 0 Å². The minimum absolute atomic E-state index is 0.110. The first kappa shape index (κ1) is 20.4. The zero-order valence-corrected chi connectivity index (χ0v) is 15.8. The number of nitrogens with one attached hydrogen (secondary N) is 1. The summed E-state index contributed by atoms with van der Waals surface area (Å²) < 4.78 is 27.0. The monoisotopic (exact) mass is 398 g/mol. The average molecular weight is 398 g/mol. The number of carbonyl (C=O) groups excluding carboxylic acids is 2. The fraction of sp³-hybridized carbons (Fsp3) is 0.333. The maximum atomic E-state index is 13.5. The van der Waals surface area contributed by atoms with E-state index in [0.717, 1.165) is 10.5 Å². The zero-order valence-electron chi connectivity index (χ0n) is 15.8. The summed E-state index contributed by atoms with van der Waals surface area (Å²) in [4.78, 5) is 29.9. The summed E-state index contributed by atoms with van der Waals surface area (Å²) in [5, 5.41) is 11.5. The Hall–Kier alpha value is -3.34. The Kier molecular flexibility index (Phi) is 5.87. The van der Waals surface area contributed by atoms with Crippen molar-refractivity contribution in [1.29, 1.82) is 5.26 Å². The van der Waals surface area contributed by atoms with Crippen LogP contribution in [0.2, 0.25) is 0 Å². The van der Waals surface area contributed by atoms with E-state index >= 15 is 0 Å². The van der Waals surface area contributed by atoms with Crippen LogP contribution in [0, 0.1) is 11.3 Å². The van der Waals surface area contributed by atoms with Gasteiger partial charge in [-0.1, -0.05) is 37.3 Å². The first-order valence-corrected chi connectivity index (χ1v) is 9.16. The lowest BCUT2D eigenvalue weighted by Gasteiger charge is -2.20. The molecule has 0 saturated carbocycles. The van der Waals surface area contributed by atoms with E-state index in [1.807, 2.05) is 37.3 Å². The SMILES string of the molecule is C[C@@H](c1ccccc1)c1cnccc1C(=O)NCC(=O)N1CC(F)(F)C[C@H]1C#N. The van der Waals surface area contributed by atoms with Crippen molar-refractivity contribution in [2.45, 2.75) is 31.2 Å². The van der Waals surface area contributed by atoms with Gasteiger partial charge < -0.3 is 10.2 Å². The molecule has 29 heavy (non-hydrogen) atoms. The third-order valence-corrected chi connectivity index (χ3v) is 5.00. The van der Waals surface area contributed by atoms with Gasteiger partial charge in [0.2, 0.25) is 5.91 Å². The van der Waals surface area contributed by atoms with Crippen LogP contribution in [0.15, 0.2) is 48.8 Å². The highest BCUT2D eigenvalue weighted by Crippen LogP contribution is 2.31. The standard InChI is InChI=1S/C21H20F2N4O2/c1-14(15-5-3-2-4-6-15)18-11-25-8-7-17(18)20(29)26-12-19(28)27-13-21(22,23)9-16(27)10-24/h2-8,11,14,16H,9,12-13H2,1H3,(H,26,29)/t14-,16-/m0/s1. The largest absolute Gasteiger partial charge is 0.343 e. The summed E-state index contributed by atoms with van der Waals surface area (Å²) in [6, 6.07) is 11.7. The number of likely N-dealkylation sites (tertiary alicyclic amines) is 1. The van der Waals surface area contributed by atoms with Gasteiger partial charge in [-0.05, 0) is 17.2 Å². The number of pyridine rings is 1. The van der Waals surface area contributed by atoms with Crippen molar-refractivity contribution in [1.82, 2.24) is 15.2 Å². The molecule has 1 aromatic carbocycles. The summed E-state index contributed by atoms with van der Waals surface area (Å²) in [6.07, 6.45) is 2.39. The summed E-state index contributed by atoms with van der Waals surface area (Å²) in [6.45, 7) is 0.665. The maximum absolute atomic E-state index is 13.5. The molecule has 1 aromatic heterocycles. The average Bonchev–Trinajstić information content (AvgIpc) is 3.06.